The van der Waals surface area contributed by atoms with Crippen LogP contribution in [0.2, 0.25) is 0 Å². The van der Waals surface area contributed by atoms with Gasteiger partial charge in [-0.05, 0) is 26.0 Å². The number of nitro groups is 1. The molecule has 21 heavy (non-hydrogen) atoms. The van der Waals surface area contributed by atoms with Crippen molar-refractivity contribution in [3.05, 3.63) is 33.9 Å². The standard InChI is InChI=1S/C14H22N2O4S/c1-5-11(10(3)15-6-2)12-8-7-9-13(21(4,19)20)14(12)16(17)18/h7-11,15H,5-6H2,1-4H3. The molecule has 1 aromatic rings. The van der Waals surface area contributed by atoms with Gasteiger partial charge in [-0.1, -0.05) is 26.0 Å². The van der Waals surface area contributed by atoms with Crippen molar-refractivity contribution in [1.29, 1.82) is 0 Å². The average Bonchev–Trinajstić information content (AvgIpc) is 2.38. The van der Waals surface area contributed by atoms with Crippen LogP contribution in [-0.2, 0) is 9.84 Å². The highest BCUT2D eigenvalue weighted by Crippen LogP contribution is 2.35. The van der Waals surface area contributed by atoms with Crippen molar-refractivity contribution in [2.75, 3.05) is 12.8 Å². The molecule has 0 aliphatic rings. The highest BCUT2D eigenvalue weighted by atomic mass is 32.2. The lowest BCUT2D eigenvalue weighted by molar-refractivity contribution is -0.388. The summed E-state index contributed by atoms with van der Waals surface area (Å²) in [5.74, 6) is -0.118. The molecule has 0 saturated heterocycles. The second kappa shape index (κ2) is 7.00. The lowest BCUT2D eigenvalue weighted by Crippen LogP contribution is -2.32. The van der Waals surface area contributed by atoms with Gasteiger partial charge in [0, 0.05) is 23.8 Å². The predicted octanol–water partition coefficient (Wildman–Crippen LogP) is 2.49. The topological polar surface area (TPSA) is 89.3 Å². The van der Waals surface area contributed by atoms with Gasteiger partial charge in [-0.3, -0.25) is 10.1 Å². The largest absolute Gasteiger partial charge is 0.314 e. The van der Waals surface area contributed by atoms with Crippen molar-refractivity contribution < 1.29 is 13.3 Å². The van der Waals surface area contributed by atoms with Crippen LogP contribution in [-0.4, -0.2) is 32.2 Å². The first kappa shape index (κ1) is 17.6. The van der Waals surface area contributed by atoms with Crippen LogP contribution in [0.15, 0.2) is 23.1 Å². The molecule has 0 bridgehead atoms. The molecule has 1 aromatic carbocycles. The highest BCUT2D eigenvalue weighted by molar-refractivity contribution is 7.90. The minimum Gasteiger partial charge on any atom is -0.314 e. The number of likely N-dealkylation sites (N-methyl/N-ethyl adjacent to an activating group) is 1. The summed E-state index contributed by atoms with van der Waals surface area (Å²) in [5, 5.41) is 14.7. The first-order valence-corrected chi connectivity index (χ1v) is 8.83. The van der Waals surface area contributed by atoms with E-state index in [-0.39, 0.29) is 22.5 Å². The van der Waals surface area contributed by atoms with Gasteiger partial charge < -0.3 is 5.32 Å². The minimum absolute atomic E-state index is 0.0218. The smallest absolute Gasteiger partial charge is 0.291 e. The summed E-state index contributed by atoms with van der Waals surface area (Å²) in [5.41, 5.74) is 0.176. The van der Waals surface area contributed by atoms with E-state index in [2.05, 4.69) is 5.32 Å². The zero-order valence-corrected chi connectivity index (χ0v) is 13.6. The van der Waals surface area contributed by atoms with Crippen LogP contribution in [0.25, 0.3) is 0 Å². The second-order valence-corrected chi connectivity index (χ2v) is 7.07. The van der Waals surface area contributed by atoms with E-state index in [1.54, 1.807) is 12.1 Å². The summed E-state index contributed by atoms with van der Waals surface area (Å²) in [6.45, 7) is 6.60. The van der Waals surface area contributed by atoms with Gasteiger partial charge in [0.1, 0.15) is 4.90 Å². The Kier molecular flexibility index (Phi) is 5.86. The SMILES string of the molecule is CCNC(C)C(CC)c1cccc(S(C)(=O)=O)c1[N+](=O)[O-]. The van der Waals surface area contributed by atoms with Gasteiger partial charge in [-0.25, -0.2) is 8.42 Å². The van der Waals surface area contributed by atoms with Gasteiger partial charge in [-0.15, -0.1) is 0 Å². The molecule has 0 spiro atoms. The number of nitrogens with zero attached hydrogens (tertiary/aromatic N) is 1. The van der Waals surface area contributed by atoms with E-state index < -0.39 is 14.8 Å². The molecule has 0 radical (unpaired) electrons. The lowest BCUT2D eigenvalue weighted by atomic mass is 9.89. The minimum atomic E-state index is -3.64. The van der Waals surface area contributed by atoms with E-state index in [4.69, 9.17) is 0 Å². The van der Waals surface area contributed by atoms with Crippen molar-refractivity contribution in [3.8, 4) is 0 Å². The summed E-state index contributed by atoms with van der Waals surface area (Å²) in [6, 6.07) is 4.53. The molecule has 1 rings (SSSR count). The monoisotopic (exact) mass is 314 g/mol. The summed E-state index contributed by atoms with van der Waals surface area (Å²) >= 11 is 0. The van der Waals surface area contributed by atoms with Crippen LogP contribution in [0, 0.1) is 10.1 Å². The number of rotatable bonds is 7. The van der Waals surface area contributed by atoms with Gasteiger partial charge in [0.05, 0.1) is 4.92 Å². The summed E-state index contributed by atoms with van der Waals surface area (Å²) in [4.78, 5) is 10.6. The Morgan fingerprint density at radius 2 is 1.95 bits per heavy atom. The number of nitro benzene ring substituents is 1. The Morgan fingerprint density at radius 3 is 2.38 bits per heavy atom. The molecule has 1 N–H and O–H groups in total. The van der Waals surface area contributed by atoms with E-state index in [1.807, 2.05) is 20.8 Å². The molecular weight excluding hydrogens is 292 g/mol. The normalized spacial score (nSPS) is 14.7. The molecule has 0 aromatic heterocycles. The van der Waals surface area contributed by atoms with E-state index in [0.29, 0.717) is 12.0 Å². The number of hydrogen-bond acceptors (Lipinski definition) is 5. The van der Waals surface area contributed by atoms with Crippen molar-refractivity contribution in [2.45, 2.75) is 44.0 Å². The molecular formula is C14H22N2O4S. The first-order valence-electron chi connectivity index (χ1n) is 6.94. The van der Waals surface area contributed by atoms with Gasteiger partial charge in [-0.2, -0.15) is 0 Å². The molecule has 0 saturated carbocycles. The molecule has 6 nitrogen and oxygen atoms in total. The molecule has 2 atom stereocenters. The Labute approximate surface area is 125 Å². The third-order valence-electron chi connectivity index (χ3n) is 3.58. The third kappa shape index (κ3) is 4.01. The number of sulfone groups is 1. The summed E-state index contributed by atoms with van der Waals surface area (Å²) in [6.07, 6.45) is 1.68. The number of benzene rings is 1. The maximum Gasteiger partial charge on any atom is 0.291 e. The molecule has 7 heteroatoms. The van der Waals surface area contributed by atoms with Crippen LogP contribution in [0.5, 0.6) is 0 Å². The molecule has 0 aliphatic carbocycles. The zero-order valence-electron chi connectivity index (χ0n) is 12.8. The van der Waals surface area contributed by atoms with Gasteiger partial charge in [0.2, 0.25) is 0 Å². The quantitative estimate of drug-likeness (QED) is 0.617. The van der Waals surface area contributed by atoms with Gasteiger partial charge in [0.25, 0.3) is 5.69 Å². The molecule has 2 unspecified atom stereocenters. The Hall–Kier alpha value is -1.47. The molecule has 118 valence electrons. The number of hydrogen-bond donors (Lipinski definition) is 1. The van der Waals surface area contributed by atoms with E-state index in [0.717, 1.165) is 12.8 Å². The van der Waals surface area contributed by atoms with Crippen molar-refractivity contribution in [2.24, 2.45) is 0 Å². The van der Waals surface area contributed by atoms with Crippen molar-refractivity contribution >= 4 is 15.5 Å². The molecule has 0 amide bonds. The fraction of sp³-hybridized carbons (Fsp3) is 0.571. The fourth-order valence-electron chi connectivity index (χ4n) is 2.64. The number of nitrogens with one attached hydrogen (secondary N) is 1. The molecule has 0 aliphatic heterocycles. The predicted molar refractivity (Wildman–Crippen MR) is 82.4 cm³/mol. The Morgan fingerprint density at radius 1 is 1.33 bits per heavy atom. The maximum atomic E-state index is 11.8. The van der Waals surface area contributed by atoms with Crippen LogP contribution in [0.3, 0.4) is 0 Å². The zero-order chi connectivity index (χ0) is 16.2. The van der Waals surface area contributed by atoms with Crippen LogP contribution in [0.1, 0.15) is 38.7 Å². The fourth-order valence-corrected chi connectivity index (χ4v) is 3.51. The summed E-state index contributed by atoms with van der Waals surface area (Å²) < 4.78 is 23.6. The Bertz CT molecular complexity index is 613. The van der Waals surface area contributed by atoms with E-state index >= 15 is 0 Å². The van der Waals surface area contributed by atoms with Crippen molar-refractivity contribution in [1.82, 2.24) is 5.32 Å². The third-order valence-corrected chi connectivity index (χ3v) is 4.71. The molecule has 0 heterocycles. The molecule has 0 fully saturated rings. The van der Waals surface area contributed by atoms with E-state index in [9.17, 15) is 18.5 Å². The Balaban J connectivity index is 3.52. The number of para-hydroxylation sites is 1. The van der Waals surface area contributed by atoms with Gasteiger partial charge in [0.15, 0.2) is 9.84 Å². The van der Waals surface area contributed by atoms with Crippen LogP contribution in [0.4, 0.5) is 5.69 Å². The van der Waals surface area contributed by atoms with E-state index in [1.165, 1.54) is 6.07 Å². The average molecular weight is 314 g/mol. The lowest BCUT2D eigenvalue weighted by Gasteiger charge is -2.24. The van der Waals surface area contributed by atoms with Gasteiger partial charge >= 0.3 is 0 Å². The van der Waals surface area contributed by atoms with Crippen LogP contribution < -0.4 is 5.32 Å². The second-order valence-electron chi connectivity index (χ2n) is 5.08. The first-order chi connectivity index (χ1) is 9.73. The van der Waals surface area contributed by atoms with Crippen LogP contribution >= 0.6 is 0 Å². The maximum absolute atomic E-state index is 11.8. The van der Waals surface area contributed by atoms with Crippen molar-refractivity contribution in [3.63, 3.8) is 0 Å². The highest BCUT2D eigenvalue weighted by Gasteiger charge is 2.31. The summed E-state index contributed by atoms with van der Waals surface area (Å²) in [7, 11) is -3.64.